The fraction of sp³-hybridized carbons (Fsp3) is 0.440. The predicted octanol–water partition coefficient (Wildman–Crippen LogP) is 5.14. The van der Waals surface area contributed by atoms with Crippen molar-refractivity contribution in [2.24, 2.45) is 0 Å². The third kappa shape index (κ3) is 8.62. The highest BCUT2D eigenvalue weighted by Crippen LogP contribution is 2.17. The number of carbonyl (C=O) groups is 2. The molecule has 0 aliphatic carbocycles. The van der Waals surface area contributed by atoms with Gasteiger partial charge in [-0.2, -0.15) is 0 Å². The molecule has 0 radical (unpaired) electrons. The Labute approximate surface area is 190 Å². The molecule has 0 aliphatic heterocycles. The van der Waals surface area contributed by atoms with Crippen molar-refractivity contribution in [2.75, 3.05) is 13.2 Å². The topological polar surface area (TPSA) is 58.6 Å². The number of unbranched alkanes of at least 4 members (excludes halogenated alkanes) is 1. The first-order chi connectivity index (χ1) is 14.9. The van der Waals surface area contributed by atoms with Gasteiger partial charge in [-0.15, -0.1) is 0 Å². The van der Waals surface area contributed by atoms with Gasteiger partial charge >= 0.3 is 0 Å². The van der Waals surface area contributed by atoms with Crippen LogP contribution in [0, 0.1) is 6.92 Å². The lowest BCUT2D eigenvalue weighted by atomic mass is 10.1. The van der Waals surface area contributed by atoms with Crippen molar-refractivity contribution in [3.63, 3.8) is 0 Å². The number of halogens is 1. The Kier molecular flexibility index (Phi) is 10.4. The van der Waals surface area contributed by atoms with E-state index >= 15 is 0 Å². The minimum atomic E-state index is -0.540. The first kappa shape index (κ1) is 24.7. The second-order valence-corrected chi connectivity index (χ2v) is 8.17. The zero-order valence-electron chi connectivity index (χ0n) is 18.7. The molecular weight excluding hydrogens is 412 g/mol. The van der Waals surface area contributed by atoms with E-state index in [2.05, 4.69) is 12.2 Å². The average Bonchev–Trinajstić information content (AvgIpc) is 2.76. The standard InChI is InChI=1S/C25H33ClN2O3/c1-4-5-15-27-25(30)20(3)28(18-21-9-6-8-19(2)17-21)24(29)10-7-16-31-23-13-11-22(26)12-14-23/h6,8-9,11-14,17,20H,4-5,7,10,15-16,18H2,1-3H3,(H,27,30)/t20-/m1/s1. The van der Waals surface area contributed by atoms with Gasteiger partial charge in [0.25, 0.3) is 0 Å². The molecule has 0 spiro atoms. The molecule has 31 heavy (non-hydrogen) atoms. The fourth-order valence-electron chi connectivity index (χ4n) is 3.21. The van der Waals surface area contributed by atoms with Crippen molar-refractivity contribution in [1.29, 1.82) is 0 Å². The molecule has 0 fully saturated rings. The molecule has 5 nitrogen and oxygen atoms in total. The van der Waals surface area contributed by atoms with E-state index in [1.165, 1.54) is 0 Å². The molecule has 2 rings (SSSR count). The minimum Gasteiger partial charge on any atom is -0.494 e. The van der Waals surface area contributed by atoms with Crippen LogP contribution in [0.3, 0.4) is 0 Å². The highest BCUT2D eigenvalue weighted by atomic mass is 35.5. The third-order valence-corrected chi connectivity index (χ3v) is 5.30. The number of ether oxygens (including phenoxy) is 1. The van der Waals surface area contributed by atoms with E-state index in [0.717, 1.165) is 29.7 Å². The lowest BCUT2D eigenvalue weighted by Gasteiger charge is -2.29. The molecule has 0 saturated carbocycles. The fourth-order valence-corrected chi connectivity index (χ4v) is 3.34. The van der Waals surface area contributed by atoms with Gasteiger partial charge in [-0.05, 0) is 56.5 Å². The maximum atomic E-state index is 13.0. The van der Waals surface area contributed by atoms with Crippen LogP contribution in [-0.2, 0) is 16.1 Å². The van der Waals surface area contributed by atoms with Gasteiger partial charge in [0.1, 0.15) is 11.8 Å². The van der Waals surface area contributed by atoms with Gasteiger partial charge in [-0.3, -0.25) is 9.59 Å². The molecule has 0 aliphatic rings. The van der Waals surface area contributed by atoms with Gasteiger partial charge in [-0.25, -0.2) is 0 Å². The number of nitrogens with one attached hydrogen (secondary N) is 1. The second-order valence-electron chi connectivity index (χ2n) is 7.74. The highest BCUT2D eigenvalue weighted by Gasteiger charge is 2.25. The average molecular weight is 445 g/mol. The molecule has 6 heteroatoms. The Morgan fingerprint density at radius 1 is 1.13 bits per heavy atom. The summed E-state index contributed by atoms with van der Waals surface area (Å²) in [5.41, 5.74) is 2.14. The quantitative estimate of drug-likeness (QED) is 0.461. The molecule has 0 saturated heterocycles. The molecule has 1 atom stereocenters. The van der Waals surface area contributed by atoms with Crippen molar-refractivity contribution in [1.82, 2.24) is 10.2 Å². The normalized spacial score (nSPS) is 11.6. The number of carbonyl (C=O) groups excluding carboxylic acids is 2. The van der Waals surface area contributed by atoms with E-state index in [0.29, 0.717) is 37.6 Å². The van der Waals surface area contributed by atoms with Gasteiger partial charge in [0.2, 0.25) is 11.8 Å². The summed E-state index contributed by atoms with van der Waals surface area (Å²) in [7, 11) is 0. The summed E-state index contributed by atoms with van der Waals surface area (Å²) in [6, 6.07) is 14.6. The summed E-state index contributed by atoms with van der Waals surface area (Å²) in [5.74, 6) is 0.545. The number of hydrogen-bond acceptors (Lipinski definition) is 3. The SMILES string of the molecule is CCCCNC(=O)[C@@H](C)N(Cc1cccc(C)c1)C(=O)CCCOc1ccc(Cl)cc1. The maximum absolute atomic E-state index is 13.0. The minimum absolute atomic E-state index is 0.0562. The third-order valence-electron chi connectivity index (χ3n) is 5.05. The lowest BCUT2D eigenvalue weighted by Crippen LogP contribution is -2.47. The van der Waals surface area contributed by atoms with Crippen LogP contribution in [0.25, 0.3) is 0 Å². The first-order valence-electron chi connectivity index (χ1n) is 10.9. The van der Waals surface area contributed by atoms with E-state index in [4.69, 9.17) is 16.3 Å². The molecule has 1 N–H and O–H groups in total. The van der Waals surface area contributed by atoms with Gasteiger partial charge in [0, 0.05) is 24.5 Å². The highest BCUT2D eigenvalue weighted by molar-refractivity contribution is 6.30. The summed E-state index contributed by atoms with van der Waals surface area (Å²) in [5, 5.41) is 3.59. The van der Waals surface area contributed by atoms with E-state index < -0.39 is 6.04 Å². The Balaban J connectivity index is 1.97. The first-order valence-corrected chi connectivity index (χ1v) is 11.3. The summed E-state index contributed by atoms with van der Waals surface area (Å²) >= 11 is 5.88. The van der Waals surface area contributed by atoms with Crippen LogP contribution in [0.5, 0.6) is 5.75 Å². The number of nitrogens with zero attached hydrogens (tertiary/aromatic N) is 1. The summed E-state index contributed by atoms with van der Waals surface area (Å²) in [4.78, 5) is 27.3. The molecule has 0 unspecified atom stereocenters. The molecule has 2 aromatic carbocycles. The lowest BCUT2D eigenvalue weighted by molar-refractivity contribution is -0.140. The van der Waals surface area contributed by atoms with Crippen molar-refractivity contribution >= 4 is 23.4 Å². The van der Waals surface area contributed by atoms with Crippen molar-refractivity contribution in [3.8, 4) is 5.75 Å². The van der Waals surface area contributed by atoms with E-state index in [1.807, 2.05) is 31.2 Å². The molecule has 168 valence electrons. The zero-order valence-corrected chi connectivity index (χ0v) is 19.5. The Morgan fingerprint density at radius 2 is 1.87 bits per heavy atom. The van der Waals surface area contributed by atoms with Crippen LogP contribution in [0.1, 0.15) is 50.7 Å². The van der Waals surface area contributed by atoms with E-state index in [1.54, 1.807) is 36.1 Å². The molecule has 0 aromatic heterocycles. The Morgan fingerprint density at radius 3 is 2.55 bits per heavy atom. The number of benzene rings is 2. The predicted molar refractivity (Wildman–Crippen MR) is 125 cm³/mol. The van der Waals surface area contributed by atoms with Gasteiger partial charge < -0.3 is 15.0 Å². The number of rotatable bonds is 12. The number of hydrogen-bond donors (Lipinski definition) is 1. The van der Waals surface area contributed by atoms with Gasteiger partial charge in [0.15, 0.2) is 0 Å². The van der Waals surface area contributed by atoms with Crippen LogP contribution < -0.4 is 10.1 Å². The van der Waals surface area contributed by atoms with Crippen LogP contribution in [0.15, 0.2) is 48.5 Å². The monoisotopic (exact) mass is 444 g/mol. The second kappa shape index (κ2) is 13.0. The Hall–Kier alpha value is -2.53. The number of aryl methyl sites for hydroxylation is 1. The summed E-state index contributed by atoms with van der Waals surface area (Å²) < 4.78 is 5.69. The van der Waals surface area contributed by atoms with Crippen molar-refractivity contribution in [3.05, 3.63) is 64.7 Å². The number of amides is 2. The van der Waals surface area contributed by atoms with Gasteiger partial charge in [-0.1, -0.05) is 54.8 Å². The molecule has 2 aromatic rings. The van der Waals surface area contributed by atoms with Crippen LogP contribution in [0.2, 0.25) is 5.02 Å². The van der Waals surface area contributed by atoms with Crippen molar-refractivity contribution < 1.29 is 14.3 Å². The molecule has 0 bridgehead atoms. The zero-order chi connectivity index (χ0) is 22.6. The van der Waals surface area contributed by atoms with Gasteiger partial charge in [0.05, 0.1) is 6.61 Å². The smallest absolute Gasteiger partial charge is 0.242 e. The molecular formula is C25H33ClN2O3. The largest absolute Gasteiger partial charge is 0.494 e. The van der Waals surface area contributed by atoms with Crippen molar-refractivity contribution in [2.45, 2.75) is 59.0 Å². The van der Waals surface area contributed by atoms with Crippen LogP contribution in [-0.4, -0.2) is 35.9 Å². The van der Waals surface area contributed by atoms with Crippen LogP contribution >= 0.6 is 11.6 Å². The molecule has 2 amide bonds. The summed E-state index contributed by atoms with van der Waals surface area (Å²) in [6.45, 7) is 7.34. The summed E-state index contributed by atoms with van der Waals surface area (Å²) in [6.07, 6.45) is 2.81. The molecule has 0 heterocycles. The van der Waals surface area contributed by atoms with E-state index in [9.17, 15) is 9.59 Å². The van der Waals surface area contributed by atoms with Crippen LogP contribution in [0.4, 0.5) is 0 Å². The maximum Gasteiger partial charge on any atom is 0.242 e. The Bertz CT molecular complexity index is 839. The van der Waals surface area contributed by atoms with E-state index in [-0.39, 0.29) is 11.8 Å².